The van der Waals surface area contributed by atoms with E-state index >= 15 is 0 Å². The molecule has 0 nitrogen and oxygen atoms in total. The van der Waals surface area contributed by atoms with Gasteiger partial charge in [-0.15, -0.1) is 0 Å². The minimum atomic E-state index is 0.927. The van der Waals surface area contributed by atoms with E-state index in [0.717, 1.165) is 11.8 Å². The van der Waals surface area contributed by atoms with Crippen molar-refractivity contribution in [3.63, 3.8) is 0 Å². The lowest BCUT2D eigenvalue weighted by Crippen LogP contribution is -2.08. The van der Waals surface area contributed by atoms with Crippen LogP contribution in [0.25, 0.3) is 0 Å². The molecule has 2 fully saturated rings. The Morgan fingerprint density at radius 3 is 2.71 bits per heavy atom. The summed E-state index contributed by atoms with van der Waals surface area (Å²) >= 11 is 0. The van der Waals surface area contributed by atoms with E-state index in [9.17, 15) is 0 Å². The lowest BCUT2D eigenvalue weighted by molar-refractivity contribution is 0.364. The van der Waals surface area contributed by atoms with Crippen LogP contribution >= 0.6 is 0 Å². The Hall–Kier alpha value is -0.910. The van der Waals surface area contributed by atoms with Gasteiger partial charge in [-0.1, -0.05) is 6.42 Å². The van der Waals surface area contributed by atoms with E-state index < -0.39 is 0 Å². The van der Waals surface area contributed by atoms with Gasteiger partial charge in [0.25, 0.3) is 0 Å². The molecule has 2 unspecified atom stereocenters. The highest BCUT2D eigenvalue weighted by Gasteiger charge is 2.41. The zero-order valence-electron chi connectivity index (χ0n) is 8.58. The fourth-order valence-corrected chi connectivity index (χ4v) is 3.28. The minimum Gasteiger partial charge on any atom is -0.0513 e. The van der Waals surface area contributed by atoms with Gasteiger partial charge in [-0.3, -0.25) is 0 Å². The third kappa shape index (κ3) is 1.33. The summed E-state index contributed by atoms with van der Waals surface area (Å²) in [6.07, 6.45) is 7.25. The molecule has 14 heavy (non-hydrogen) atoms. The number of rotatable bonds is 1. The summed E-state index contributed by atoms with van der Waals surface area (Å²) < 4.78 is 0. The largest absolute Gasteiger partial charge is 0.132 e. The van der Waals surface area contributed by atoms with Gasteiger partial charge >= 0.3 is 0 Å². The summed E-state index contributed by atoms with van der Waals surface area (Å²) in [4.78, 5) is 0. The Kier molecular flexibility index (Phi) is 2.01. The Morgan fingerprint density at radius 1 is 1.07 bits per heavy atom. The SMILES string of the molecule is c1ccc([C+]2CC3CCCC2C3)cc1. The number of benzene rings is 1. The van der Waals surface area contributed by atoms with Gasteiger partial charge in [-0.05, 0) is 43.4 Å². The first-order valence-electron chi connectivity index (χ1n) is 5.84. The van der Waals surface area contributed by atoms with Crippen molar-refractivity contribution in [2.24, 2.45) is 11.8 Å². The summed E-state index contributed by atoms with van der Waals surface area (Å²) in [5.41, 5.74) is 1.52. The molecule has 0 N–H and O–H groups in total. The number of fused-ring (bicyclic) bond motifs is 2. The van der Waals surface area contributed by atoms with E-state index in [1.165, 1.54) is 37.7 Å². The lowest BCUT2D eigenvalue weighted by Gasteiger charge is -2.17. The Labute approximate surface area is 86.3 Å². The molecule has 0 radical (unpaired) electrons. The third-order valence-electron chi connectivity index (χ3n) is 3.93. The highest BCUT2D eigenvalue weighted by molar-refractivity contribution is 5.34. The van der Waals surface area contributed by atoms with Gasteiger partial charge in [0, 0.05) is 30.4 Å². The van der Waals surface area contributed by atoms with Crippen LogP contribution in [0.15, 0.2) is 30.3 Å². The molecule has 0 aromatic heterocycles. The van der Waals surface area contributed by atoms with Crippen LogP contribution in [0.1, 0.15) is 37.7 Å². The Balaban J connectivity index is 1.86. The van der Waals surface area contributed by atoms with Crippen molar-refractivity contribution in [2.75, 3.05) is 0 Å². The molecule has 0 heterocycles. The van der Waals surface area contributed by atoms with Gasteiger partial charge in [-0.2, -0.15) is 0 Å². The molecular formula is C14H17+. The smallest absolute Gasteiger partial charge is 0.0513 e. The van der Waals surface area contributed by atoms with Crippen molar-refractivity contribution < 1.29 is 0 Å². The van der Waals surface area contributed by atoms with Crippen LogP contribution in [-0.4, -0.2) is 0 Å². The molecule has 2 aliphatic carbocycles. The maximum absolute atomic E-state index is 2.29. The van der Waals surface area contributed by atoms with Gasteiger partial charge in [0.1, 0.15) is 5.56 Å². The fraction of sp³-hybridized carbons (Fsp3) is 0.500. The molecule has 0 amide bonds. The number of hydrogen-bond acceptors (Lipinski definition) is 0. The normalized spacial score (nSPS) is 30.7. The molecular weight excluding hydrogens is 168 g/mol. The zero-order chi connectivity index (χ0) is 9.38. The standard InChI is InChI=1S/C14H17/c1-2-6-12(7-3-1)14-10-11-5-4-8-13(14)9-11/h1-3,6-7,11,13H,4-5,8-10H2/q+1. The van der Waals surface area contributed by atoms with E-state index in [0.29, 0.717) is 0 Å². The molecule has 0 saturated heterocycles. The highest BCUT2D eigenvalue weighted by Crippen LogP contribution is 2.49. The molecule has 1 aromatic rings. The van der Waals surface area contributed by atoms with Crippen LogP contribution in [0.4, 0.5) is 0 Å². The van der Waals surface area contributed by atoms with Crippen LogP contribution in [0.3, 0.4) is 0 Å². The monoisotopic (exact) mass is 185 g/mol. The summed E-state index contributed by atoms with van der Waals surface area (Å²) in [5.74, 6) is 3.70. The molecule has 3 rings (SSSR count). The van der Waals surface area contributed by atoms with Crippen LogP contribution in [0, 0.1) is 17.8 Å². The van der Waals surface area contributed by atoms with Crippen molar-refractivity contribution in [3.05, 3.63) is 41.8 Å². The predicted octanol–water partition coefficient (Wildman–Crippen LogP) is 3.82. The van der Waals surface area contributed by atoms with Crippen LogP contribution in [0.2, 0.25) is 0 Å². The zero-order valence-corrected chi connectivity index (χ0v) is 8.58. The second kappa shape index (κ2) is 3.34. The summed E-state index contributed by atoms with van der Waals surface area (Å²) in [7, 11) is 0. The average Bonchev–Trinajstić information content (AvgIpc) is 2.55. The molecule has 2 bridgehead atoms. The first kappa shape index (κ1) is 8.40. The fourth-order valence-electron chi connectivity index (χ4n) is 3.28. The third-order valence-corrected chi connectivity index (χ3v) is 3.93. The van der Waals surface area contributed by atoms with Crippen molar-refractivity contribution in [2.45, 2.75) is 32.1 Å². The average molecular weight is 185 g/mol. The van der Waals surface area contributed by atoms with Crippen LogP contribution in [-0.2, 0) is 0 Å². The predicted molar refractivity (Wildman–Crippen MR) is 58.9 cm³/mol. The van der Waals surface area contributed by atoms with E-state index in [1.54, 1.807) is 5.92 Å². The van der Waals surface area contributed by atoms with E-state index in [-0.39, 0.29) is 0 Å². The van der Waals surface area contributed by atoms with Crippen LogP contribution < -0.4 is 0 Å². The van der Waals surface area contributed by atoms with Gasteiger partial charge in [0.2, 0.25) is 0 Å². The van der Waals surface area contributed by atoms with Crippen molar-refractivity contribution in [3.8, 4) is 0 Å². The van der Waals surface area contributed by atoms with Gasteiger partial charge < -0.3 is 0 Å². The molecule has 2 saturated carbocycles. The maximum Gasteiger partial charge on any atom is 0.132 e. The van der Waals surface area contributed by atoms with Crippen LogP contribution in [0.5, 0.6) is 0 Å². The second-order valence-electron chi connectivity index (χ2n) is 4.82. The molecule has 2 atom stereocenters. The van der Waals surface area contributed by atoms with E-state index in [2.05, 4.69) is 30.3 Å². The summed E-state index contributed by atoms with van der Waals surface area (Å²) in [6.45, 7) is 0. The van der Waals surface area contributed by atoms with Crippen molar-refractivity contribution in [1.82, 2.24) is 0 Å². The summed E-state index contributed by atoms with van der Waals surface area (Å²) in [5, 5.41) is 0. The Morgan fingerprint density at radius 2 is 1.93 bits per heavy atom. The van der Waals surface area contributed by atoms with Gasteiger partial charge in [0.05, 0.1) is 0 Å². The van der Waals surface area contributed by atoms with Crippen molar-refractivity contribution in [1.29, 1.82) is 0 Å². The van der Waals surface area contributed by atoms with Crippen molar-refractivity contribution >= 4 is 0 Å². The molecule has 72 valence electrons. The maximum atomic E-state index is 2.29. The first-order chi connectivity index (χ1) is 6.93. The quantitative estimate of drug-likeness (QED) is 0.583. The second-order valence-corrected chi connectivity index (χ2v) is 4.82. The topological polar surface area (TPSA) is 0 Å². The van der Waals surface area contributed by atoms with Gasteiger partial charge in [0.15, 0.2) is 0 Å². The molecule has 0 heteroatoms. The Bertz CT molecular complexity index is 301. The summed E-state index contributed by atoms with van der Waals surface area (Å²) in [6, 6.07) is 11.0. The van der Waals surface area contributed by atoms with E-state index in [1.807, 2.05) is 0 Å². The number of hydrogen-bond donors (Lipinski definition) is 0. The molecule has 2 aliphatic rings. The molecule has 0 spiro atoms. The minimum absolute atomic E-state index is 0.927. The lowest BCUT2D eigenvalue weighted by atomic mass is 9.84. The van der Waals surface area contributed by atoms with E-state index in [4.69, 9.17) is 0 Å². The van der Waals surface area contributed by atoms with Gasteiger partial charge in [-0.25, -0.2) is 0 Å². The highest BCUT2D eigenvalue weighted by atomic mass is 14.4. The molecule has 1 aromatic carbocycles. The first-order valence-corrected chi connectivity index (χ1v) is 5.84. The molecule has 0 aliphatic heterocycles.